The van der Waals surface area contributed by atoms with E-state index in [9.17, 15) is 14.4 Å². The number of hydrogen-bond acceptors (Lipinski definition) is 5. The van der Waals surface area contributed by atoms with Crippen LogP contribution in [0.5, 0.6) is 0 Å². The standard InChI is InChI=1S/C32H42N4O3S/c1-3-22(2)28(31(39)36-17-15-32(16-18-36)14-13-24-11-7-8-12-25(24)32)35-29(37)26(19-23-9-5-4-6-10-23)34-30(38)27-20-33-21-40-27/h7-8,11-14,20-23,26,28H,3-6,9-10,15-19H2,1-2H3,(H,34,38)(H,35,37)/t22-,26-,28-/m0/s1. The third-order valence-electron chi connectivity index (χ3n) is 9.39. The van der Waals surface area contributed by atoms with Crippen molar-refractivity contribution in [3.8, 4) is 0 Å². The Bertz CT molecular complexity index is 1210. The molecule has 8 heteroatoms. The SMILES string of the molecule is CC[C@H](C)[C@H](NC(=O)[C@H](CC1CCCCC1)NC(=O)c1cncs1)C(=O)N1CCC2(C=Cc3ccccc32)CC1. The molecule has 2 heterocycles. The monoisotopic (exact) mass is 562 g/mol. The topological polar surface area (TPSA) is 91.4 Å². The van der Waals surface area contributed by atoms with Gasteiger partial charge in [0.15, 0.2) is 0 Å². The van der Waals surface area contributed by atoms with Crippen LogP contribution in [-0.2, 0) is 15.0 Å². The molecule has 40 heavy (non-hydrogen) atoms. The summed E-state index contributed by atoms with van der Waals surface area (Å²) in [7, 11) is 0. The van der Waals surface area contributed by atoms with Gasteiger partial charge < -0.3 is 15.5 Å². The Morgan fingerprint density at radius 2 is 1.85 bits per heavy atom. The van der Waals surface area contributed by atoms with E-state index in [0.29, 0.717) is 30.3 Å². The number of thiazole rings is 1. The second kappa shape index (κ2) is 12.7. The molecular formula is C32H42N4O3S. The summed E-state index contributed by atoms with van der Waals surface area (Å²) in [4.78, 5) is 47.0. The summed E-state index contributed by atoms with van der Waals surface area (Å²) in [5, 5.41) is 6.09. The second-order valence-corrected chi connectivity index (χ2v) is 12.8. The van der Waals surface area contributed by atoms with Gasteiger partial charge >= 0.3 is 0 Å². The van der Waals surface area contributed by atoms with Crippen LogP contribution >= 0.6 is 11.3 Å². The van der Waals surface area contributed by atoms with Crippen molar-refractivity contribution in [2.45, 2.75) is 89.1 Å². The number of carbonyl (C=O) groups is 3. The van der Waals surface area contributed by atoms with Crippen LogP contribution in [0.2, 0.25) is 0 Å². The molecule has 1 saturated carbocycles. The molecule has 214 valence electrons. The van der Waals surface area contributed by atoms with Gasteiger partial charge in [-0.15, -0.1) is 11.3 Å². The summed E-state index contributed by atoms with van der Waals surface area (Å²) in [6.45, 7) is 5.39. The molecule has 1 aromatic carbocycles. The van der Waals surface area contributed by atoms with Gasteiger partial charge in [0.1, 0.15) is 17.0 Å². The Morgan fingerprint density at radius 3 is 2.55 bits per heavy atom. The molecule has 3 aliphatic rings. The summed E-state index contributed by atoms with van der Waals surface area (Å²) in [6.07, 6.45) is 14.9. The number of amides is 3. The molecular weight excluding hydrogens is 520 g/mol. The van der Waals surface area contributed by atoms with E-state index in [1.165, 1.54) is 35.1 Å². The highest BCUT2D eigenvalue weighted by Crippen LogP contribution is 2.43. The molecule has 3 atom stereocenters. The summed E-state index contributed by atoms with van der Waals surface area (Å²) >= 11 is 1.26. The van der Waals surface area contributed by atoms with Gasteiger partial charge in [0.05, 0.1) is 11.7 Å². The van der Waals surface area contributed by atoms with Crippen LogP contribution in [0, 0.1) is 11.8 Å². The maximum absolute atomic E-state index is 13.9. The number of fused-ring (bicyclic) bond motifs is 2. The molecule has 1 saturated heterocycles. The van der Waals surface area contributed by atoms with Crippen LogP contribution in [-0.4, -0.2) is 52.8 Å². The van der Waals surface area contributed by atoms with Gasteiger partial charge in [-0.25, -0.2) is 0 Å². The highest BCUT2D eigenvalue weighted by atomic mass is 32.1. The number of aromatic nitrogens is 1. The zero-order chi connectivity index (χ0) is 28.1. The van der Waals surface area contributed by atoms with Crippen LogP contribution in [0.4, 0.5) is 0 Å². The molecule has 3 amide bonds. The van der Waals surface area contributed by atoms with Crippen LogP contribution in [0.15, 0.2) is 42.0 Å². The molecule has 0 unspecified atom stereocenters. The van der Waals surface area contributed by atoms with Crippen molar-refractivity contribution in [1.82, 2.24) is 20.5 Å². The quantitative estimate of drug-likeness (QED) is 0.432. The molecule has 5 rings (SSSR count). The molecule has 2 aliphatic carbocycles. The van der Waals surface area contributed by atoms with Crippen molar-refractivity contribution in [3.05, 3.63) is 58.1 Å². The number of piperidine rings is 1. The smallest absolute Gasteiger partial charge is 0.263 e. The second-order valence-electron chi connectivity index (χ2n) is 11.9. The molecule has 1 spiro atoms. The minimum Gasteiger partial charge on any atom is -0.342 e. The number of likely N-dealkylation sites (tertiary alicyclic amines) is 1. The molecule has 2 fully saturated rings. The van der Waals surface area contributed by atoms with Gasteiger partial charge in [0.2, 0.25) is 11.8 Å². The van der Waals surface area contributed by atoms with Crippen molar-refractivity contribution in [2.24, 2.45) is 11.8 Å². The number of hydrogen-bond donors (Lipinski definition) is 2. The number of rotatable bonds is 9. The lowest BCUT2D eigenvalue weighted by Gasteiger charge is -2.41. The Morgan fingerprint density at radius 1 is 1.10 bits per heavy atom. The maximum atomic E-state index is 13.9. The van der Waals surface area contributed by atoms with E-state index in [2.05, 4.69) is 52.0 Å². The first-order chi connectivity index (χ1) is 19.4. The molecule has 1 aromatic heterocycles. The minimum absolute atomic E-state index is 0.00544. The fourth-order valence-electron chi connectivity index (χ4n) is 6.68. The summed E-state index contributed by atoms with van der Waals surface area (Å²) in [5.41, 5.74) is 4.24. The number of nitrogens with one attached hydrogen (secondary N) is 2. The van der Waals surface area contributed by atoms with Gasteiger partial charge in [0, 0.05) is 18.5 Å². The van der Waals surface area contributed by atoms with E-state index in [1.807, 2.05) is 18.7 Å². The Hall–Kier alpha value is -3.00. The molecule has 0 radical (unpaired) electrons. The summed E-state index contributed by atoms with van der Waals surface area (Å²) in [6, 6.07) is 7.24. The normalized spacial score (nSPS) is 20.5. The molecule has 2 aromatic rings. The number of nitrogens with zero attached hydrogens (tertiary/aromatic N) is 2. The lowest BCUT2D eigenvalue weighted by atomic mass is 9.74. The minimum atomic E-state index is -0.679. The van der Waals surface area contributed by atoms with E-state index in [-0.39, 0.29) is 29.1 Å². The lowest BCUT2D eigenvalue weighted by Crippen LogP contribution is -2.58. The number of allylic oxidation sites excluding steroid dienone is 1. The zero-order valence-electron chi connectivity index (χ0n) is 23.7. The average molecular weight is 563 g/mol. The molecule has 2 N–H and O–H groups in total. The molecule has 0 bridgehead atoms. The molecule has 1 aliphatic heterocycles. The first-order valence-electron chi connectivity index (χ1n) is 15.0. The van der Waals surface area contributed by atoms with Crippen LogP contribution in [0.3, 0.4) is 0 Å². The van der Waals surface area contributed by atoms with Gasteiger partial charge in [-0.3, -0.25) is 19.4 Å². The van der Waals surface area contributed by atoms with E-state index in [4.69, 9.17) is 0 Å². The highest BCUT2D eigenvalue weighted by molar-refractivity contribution is 7.11. The third-order valence-corrected chi connectivity index (χ3v) is 10.2. The highest BCUT2D eigenvalue weighted by Gasteiger charge is 2.41. The maximum Gasteiger partial charge on any atom is 0.263 e. The summed E-state index contributed by atoms with van der Waals surface area (Å²) < 4.78 is 0. The van der Waals surface area contributed by atoms with E-state index < -0.39 is 12.1 Å². The lowest BCUT2D eigenvalue weighted by molar-refractivity contribution is -0.139. The van der Waals surface area contributed by atoms with E-state index in [1.54, 1.807) is 5.51 Å². The van der Waals surface area contributed by atoms with Crippen molar-refractivity contribution in [2.75, 3.05) is 13.1 Å². The van der Waals surface area contributed by atoms with Gasteiger partial charge in [0.25, 0.3) is 5.91 Å². The first-order valence-corrected chi connectivity index (χ1v) is 15.9. The van der Waals surface area contributed by atoms with Crippen molar-refractivity contribution in [1.29, 1.82) is 0 Å². The van der Waals surface area contributed by atoms with Crippen molar-refractivity contribution >= 4 is 35.1 Å². The van der Waals surface area contributed by atoms with Gasteiger partial charge in [-0.05, 0) is 42.2 Å². The van der Waals surface area contributed by atoms with Crippen LogP contribution in [0.1, 0.15) is 92.4 Å². The zero-order valence-corrected chi connectivity index (χ0v) is 24.6. The summed E-state index contributed by atoms with van der Waals surface area (Å²) in [5.74, 6) is -0.186. The van der Waals surface area contributed by atoms with Gasteiger partial charge in [-0.2, -0.15) is 0 Å². The van der Waals surface area contributed by atoms with Crippen molar-refractivity contribution in [3.63, 3.8) is 0 Å². The fraction of sp³-hybridized carbons (Fsp3) is 0.562. The predicted octanol–water partition coefficient (Wildman–Crippen LogP) is 5.33. The number of carbonyl (C=O) groups excluding carboxylic acids is 3. The third kappa shape index (κ3) is 6.17. The molecule has 7 nitrogen and oxygen atoms in total. The van der Waals surface area contributed by atoms with Crippen LogP contribution < -0.4 is 10.6 Å². The predicted molar refractivity (Wildman–Crippen MR) is 159 cm³/mol. The largest absolute Gasteiger partial charge is 0.342 e. The Labute approximate surface area is 241 Å². The van der Waals surface area contributed by atoms with Crippen LogP contribution in [0.25, 0.3) is 6.08 Å². The van der Waals surface area contributed by atoms with Gasteiger partial charge in [-0.1, -0.05) is 88.8 Å². The number of benzene rings is 1. The first kappa shape index (κ1) is 28.5. The Kier molecular flexibility index (Phi) is 9.03. The van der Waals surface area contributed by atoms with E-state index in [0.717, 1.165) is 44.9 Å². The Balaban J connectivity index is 1.27. The van der Waals surface area contributed by atoms with Crippen molar-refractivity contribution < 1.29 is 14.4 Å². The van der Waals surface area contributed by atoms with E-state index >= 15 is 0 Å². The fourth-order valence-corrected chi connectivity index (χ4v) is 7.20. The average Bonchev–Trinajstić information content (AvgIpc) is 3.65.